The molecule has 40 heavy (non-hydrogen) atoms. The van der Waals surface area contributed by atoms with Crippen molar-refractivity contribution in [1.29, 1.82) is 0 Å². The van der Waals surface area contributed by atoms with Crippen molar-refractivity contribution in [3.8, 4) is 5.75 Å². The van der Waals surface area contributed by atoms with Crippen molar-refractivity contribution < 1.29 is 23.6 Å². The van der Waals surface area contributed by atoms with Gasteiger partial charge in [0.05, 0.1) is 35.7 Å². The largest absolute Gasteiger partial charge is 2.00 e. The molecule has 0 saturated carbocycles. The molecular formula is C27H32CaCl2N3O6P. The summed E-state index contributed by atoms with van der Waals surface area (Å²) in [5.74, 6) is 0.0993. The van der Waals surface area contributed by atoms with Crippen molar-refractivity contribution in [2.75, 3.05) is 44.2 Å². The van der Waals surface area contributed by atoms with Gasteiger partial charge in [-0.15, -0.1) is 0 Å². The Kier molecular flexibility index (Phi) is 12.7. The summed E-state index contributed by atoms with van der Waals surface area (Å²) in [6.45, 7) is 8.43. The quantitative estimate of drug-likeness (QED) is 0.177. The van der Waals surface area contributed by atoms with Gasteiger partial charge in [0, 0.05) is 38.3 Å². The monoisotopic (exact) mass is 635 g/mol. The normalized spacial score (nSPS) is 15.3. The maximum absolute atomic E-state index is 12.7. The van der Waals surface area contributed by atoms with E-state index in [9.17, 15) is 19.1 Å². The molecule has 0 amide bonds. The number of piperazine rings is 1. The van der Waals surface area contributed by atoms with Crippen LogP contribution in [0.1, 0.15) is 32.9 Å². The van der Waals surface area contributed by atoms with Crippen molar-refractivity contribution in [1.82, 2.24) is 9.47 Å². The van der Waals surface area contributed by atoms with Crippen molar-refractivity contribution in [3.05, 3.63) is 68.9 Å². The van der Waals surface area contributed by atoms with Gasteiger partial charge in [0.15, 0.2) is 0 Å². The molecule has 1 atom stereocenters. The number of aromatic nitrogens is 1. The second-order valence-corrected chi connectivity index (χ2v) is 11.8. The van der Waals surface area contributed by atoms with Crippen LogP contribution in [0.4, 0.5) is 5.69 Å². The minimum atomic E-state index is -5.32. The number of fused-ring (bicyclic) bond motifs is 1. The Morgan fingerprint density at radius 2 is 1.70 bits per heavy atom. The zero-order chi connectivity index (χ0) is 28.2. The van der Waals surface area contributed by atoms with Crippen LogP contribution in [0.25, 0.3) is 10.9 Å². The fourth-order valence-electron chi connectivity index (χ4n) is 4.76. The van der Waals surface area contributed by atoms with E-state index in [1.54, 1.807) is 44.2 Å². The van der Waals surface area contributed by atoms with Crippen LogP contribution in [0.2, 0.25) is 10.0 Å². The Labute approximate surface area is 274 Å². The van der Waals surface area contributed by atoms with E-state index in [1.165, 1.54) is 10.6 Å². The molecule has 1 aromatic heterocycles. The second-order valence-electron chi connectivity index (χ2n) is 9.91. The molecule has 0 bridgehead atoms. The van der Waals surface area contributed by atoms with Gasteiger partial charge in [-0.1, -0.05) is 43.1 Å². The van der Waals surface area contributed by atoms with Crippen molar-refractivity contribution >= 4 is 85.4 Å². The van der Waals surface area contributed by atoms with Gasteiger partial charge in [-0.3, -0.25) is 14.3 Å². The van der Waals surface area contributed by atoms with Gasteiger partial charge in [0.2, 0.25) is 0 Å². The van der Waals surface area contributed by atoms with Crippen LogP contribution in [0.15, 0.2) is 53.3 Å². The third-order valence-electron chi connectivity index (χ3n) is 6.75. The Balaban J connectivity index is 0.00000441. The molecule has 0 spiro atoms. The number of hydrogen-bond donors (Lipinski definition) is 0. The molecule has 1 aliphatic rings. The number of rotatable bonds is 11. The molecule has 0 radical (unpaired) electrons. The molecule has 13 heteroatoms. The van der Waals surface area contributed by atoms with Gasteiger partial charge in [0.1, 0.15) is 12.0 Å². The van der Waals surface area contributed by atoms with E-state index in [0.717, 1.165) is 51.3 Å². The number of anilines is 1. The van der Waals surface area contributed by atoms with Gasteiger partial charge in [0.25, 0.3) is 5.56 Å². The molecule has 3 aromatic rings. The summed E-state index contributed by atoms with van der Waals surface area (Å²) in [5.41, 5.74) is 0.939. The van der Waals surface area contributed by atoms with E-state index in [0.29, 0.717) is 33.3 Å². The van der Waals surface area contributed by atoms with Crippen molar-refractivity contribution in [2.45, 2.75) is 32.9 Å². The van der Waals surface area contributed by atoms with Crippen LogP contribution in [-0.4, -0.2) is 86.5 Å². The topological polar surface area (TPSA) is 110 Å². The summed E-state index contributed by atoms with van der Waals surface area (Å²) >= 11 is 12.5. The fraction of sp³-hybridized carbons (Fsp3) is 0.444. The summed E-state index contributed by atoms with van der Waals surface area (Å²) < 4.78 is 23.3. The van der Waals surface area contributed by atoms with E-state index in [-0.39, 0.29) is 37.7 Å². The zero-order valence-electron chi connectivity index (χ0n) is 22.6. The molecule has 2 aromatic carbocycles. The number of phosphoric ester groups is 1. The summed E-state index contributed by atoms with van der Waals surface area (Å²) in [4.78, 5) is 40.1. The predicted molar refractivity (Wildman–Crippen MR) is 156 cm³/mol. The molecule has 9 nitrogen and oxygen atoms in total. The number of benzene rings is 2. The van der Waals surface area contributed by atoms with Crippen LogP contribution in [0.5, 0.6) is 5.75 Å². The second kappa shape index (κ2) is 15.1. The number of phosphoric acid groups is 1. The van der Waals surface area contributed by atoms with Gasteiger partial charge >= 0.3 is 37.7 Å². The molecular weight excluding hydrogens is 604 g/mol. The number of hydrogen-bond acceptors (Lipinski definition) is 8. The van der Waals surface area contributed by atoms with Crippen LogP contribution in [0, 0.1) is 5.92 Å². The van der Waals surface area contributed by atoms with Crippen LogP contribution in [0.3, 0.4) is 0 Å². The smallest absolute Gasteiger partial charge is 0.790 e. The molecule has 1 fully saturated rings. The Hall–Kier alpha value is -0.840. The van der Waals surface area contributed by atoms with E-state index in [2.05, 4.69) is 9.80 Å². The number of unbranched alkanes of at least 4 members (excludes halogenated alkanes) is 1. The molecule has 212 valence electrons. The minimum absolute atomic E-state index is 0. The third-order valence-corrected chi connectivity index (χ3v) is 8.03. The Morgan fingerprint density at radius 1 is 1.00 bits per heavy atom. The molecule has 1 unspecified atom stereocenters. The van der Waals surface area contributed by atoms with Crippen LogP contribution >= 0.6 is 31.0 Å². The van der Waals surface area contributed by atoms with E-state index >= 15 is 0 Å². The van der Waals surface area contributed by atoms with Crippen molar-refractivity contribution in [2.24, 2.45) is 5.92 Å². The molecule has 1 aliphatic heterocycles. The van der Waals surface area contributed by atoms with Gasteiger partial charge in [-0.2, -0.15) is 0 Å². The predicted octanol–water partition coefficient (Wildman–Crippen LogP) is 3.91. The number of halogens is 2. The summed E-state index contributed by atoms with van der Waals surface area (Å²) in [5, 5.41) is 1.86. The van der Waals surface area contributed by atoms with E-state index < -0.39 is 25.5 Å². The first-order valence-corrected chi connectivity index (χ1v) is 15.1. The van der Waals surface area contributed by atoms with Crippen molar-refractivity contribution in [3.63, 3.8) is 0 Å². The molecule has 2 heterocycles. The first-order chi connectivity index (χ1) is 18.5. The van der Waals surface area contributed by atoms with Crippen LogP contribution in [-0.2, 0) is 9.09 Å². The molecule has 1 saturated heterocycles. The molecule has 0 aliphatic carbocycles. The fourth-order valence-corrected chi connectivity index (χ4v) is 5.78. The van der Waals surface area contributed by atoms with E-state index in [4.69, 9.17) is 32.5 Å². The van der Waals surface area contributed by atoms with Gasteiger partial charge < -0.3 is 28.5 Å². The number of ether oxygens (including phenoxy) is 1. The average molecular weight is 637 g/mol. The third kappa shape index (κ3) is 8.83. The first-order valence-electron chi connectivity index (χ1n) is 12.9. The SMILES string of the molecule is CC(C)C(OP(=O)([O-])[O-])n1c(=O)ccc2ccc(OCCCCN3CCN(c4cccc(Cl)c4Cl)CC3)cc21.[Ca+2]. The Morgan fingerprint density at radius 3 is 2.38 bits per heavy atom. The van der Waals surface area contributed by atoms with E-state index in [1.807, 2.05) is 12.1 Å². The maximum Gasteiger partial charge on any atom is 2.00 e. The van der Waals surface area contributed by atoms with Gasteiger partial charge in [-0.25, -0.2) is 0 Å². The summed E-state index contributed by atoms with van der Waals surface area (Å²) in [6, 6.07) is 13.9. The molecule has 0 N–H and O–H groups in total. The Bertz CT molecular complexity index is 1390. The summed E-state index contributed by atoms with van der Waals surface area (Å²) in [6.07, 6.45) is 0.544. The maximum atomic E-state index is 12.7. The van der Waals surface area contributed by atoms with Gasteiger partial charge in [-0.05, 0) is 61.0 Å². The average Bonchev–Trinajstić information content (AvgIpc) is 2.89. The first kappa shape index (κ1) is 33.7. The number of pyridine rings is 1. The number of nitrogens with zero attached hydrogens (tertiary/aromatic N) is 3. The summed E-state index contributed by atoms with van der Waals surface area (Å²) in [7, 11) is -5.32. The minimum Gasteiger partial charge on any atom is -0.790 e. The zero-order valence-corrected chi connectivity index (χ0v) is 27.2. The molecule has 4 rings (SSSR count). The van der Waals surface area contributed by atoms with Crippen LogP contribution < -0.4 is 25.0 Å². The standard InChI is InChI=1S/C27H34Cl2N3O6P.Ca/c1-19(2)27(38-39(34,35)36)32-24-18-21(10-8-20(24)9-11-25(32)33)37-17-4-3-12-30-13-15-31(16-14-30)23-7-5-6-22(28)26(23)29;/h5-11,18-19,27H,3-4,12-17H2,1-2H3,(H2,34,35,36);/q;+2/p-2.